The maximum atomic E-state index is 12.3. The summed E-state index contributed by atoms with van der Waals surface area (Å²) in [7, 11) is 3.77. The van der Waals surface area contributed by atoms with E-state index in [-0.39, 0.29) is 17.7 Å². The number of anilines is 2. The van der Waals surface area contributed by atoms with Crippen molar-refractivity contribution in [3.8, 4) is 0 Å². The Bertz CT molecular complexity index is 949. The first-order valence-electron chi connectivity index (χ1n) is 10.1. The number of fused-ring (bicyclic) bond motifs is 1. The topological polar surface area (TPSA) is 149 Å². The van der Waals surface area contributed by atoms with Gasteiger partial charge >= 0.3 is 0 Å². The summed E-state index contributed by atoms with van der Waals surface area (Å²) in [6.07, 6.45) is 3.44. The molecule has 2 aliphatic heterocycles. The van der Waals surface area contributed by atoms with Crippen molar-refractivity contribution < 1.29 is 14.6 Å². The van der Waals surface area contributed by atoms with Crippen molar-refractivity contribution in [3.05, 3.63) is 6.33 Å². The number of piperidine rings is 1. The third kappa shape index (κ3) is 3.68. The molecule has 4 heterocycles. The number of carbonyl (C=O) groups is 1. The fourth-order valence-corrected chi connectivity index (χ4v) is 4.68. The molecule has 11 nitrogen and oxygen atoms in total. The first-order valence-corrected chi connectivity index (χ1v) is 10.1. The Balaban J connectivity index is 1.51. The molecule has 0 radical (unpaired) electrons. The molecule has 0 saturated carbocycles. The van der Waals surface area contributed by atoms with Gasteiger partial charge in [0.1, 0.15) is 5.52 Å². The van der Waals surface area contributed by atoms with E-state index in [1.165, 1.54) is 0 Å². The molecule has 4 rings (SSSR count). The average molecular weight is 419 g/mol. The van der Waals surface area contributed by atoms with Crippen molar-refractivity contribution in [1.82, 2.24) is 29.3 Å². The lowest BCUT2D eigenvalue weighted by Crippen LogP contribution is -2.58. The third-order valence-corrected chi connectivity index (χ3v) is 6.23. The van der Waals surface area contributed by atoms with Gasteiger partial charge in [-0.25, -0.2) is 4.98 Å². The monoisotopic (exact) mass is 418 g/mol. The van der Waals surface area contributed by atoms with Gasteiger partial charge in [-0.3, -0.25) is 4.79 Å². The Kier molecular flexibility index (Phi) is 5.07. The number of rotatable bonds is 3. The summed E-state index contributed by atoms with van der Waals surface area (Å²) in [5.41, 5.74) is 11.1. The molecule has 2 atom stereocenters. The van der Waals surface area contributed by atoms with Gasteiger partial charge in [0.15, 0.2) is 11.5 Å². The molecule has 5 N–H and O–H groups in total. The number of hydrogen-bond donors (Lipinski definition) is 3. The smallest absolute Gasteiger partial charge is 0.236 e. The number of aromatic nitrogens is 4. The number of amides is 1. The van der Waals surface area contributed by atoms with Gasteiger partial charge < -0.3 is 35.7 Å². The number of nitrogen functional groups attached to an aromatic ring is 2. The third-order valence-electron chi connectivity index (χ3n) is 6.23. The molecule has 2 saturated heterocycles. The molecule has 1 spiro atoms. The van der Waals surface area contributed by atoms with E-state index in [9.17, 15) is 9.90 Å². The van der Waals surface area contributed by atoms with Gasteiger partial charge in [0, 0.05) is 19.5 Å². The van der Waals surface area contributed by atoms with Crippen LogP contribution in [-0.4, -0.2) is 91.9 Å². The molecule has 11 heteroatoms. The van der Waals surface area contributed by atoms with E-state index < -0.39 is 17.2 Å². The molecule has 2 aromatic rings. The molecule has 30 heavy (non-hydrogen) atoms. The maximum absolute atomic E-state index is 12.3. The molecule has 2 aliphatic rings. The lowest BCUT2D eigenvalue weighted by Gasteiger charge is -2.51. The van der Waals surface area contributed by atoms with E-state index >= 15 is 0 Å². The largest absolute Gasteiger partial charge is 0.388 e. The van der Waals surface area contributed by atoms with E-state index in [0.29, 0.717) is 56.7 Å². The molecule has 2 aromatic heterocycles. The molecule has 2 fully saturated rings. The summed E-state index contributed by atoms with van der Waals surface area (Å²) in [6.45, 7) is 3.76. The number of nitrogens with zero attached hydrogens (tertiary/aromatic N) is 6. The summed E-state index contributed by atoms with van der Waals surface area (Å²) >= 11 is 0. The van der Waals surface area contributed by atoms with Crippen molar-refractivity contribution >= 4 is 28.8 Å². The van der Waals surface area contributed by atoms with E-state index in [1.807, 2.05) is 30.8 Å². The second kappa shape index (κ2) is 7.33. The van der Waals surface area contributed by atoms with Gasteiger partial charge in [0.2, 0.25) is 11.9 Å². The predicted octanol–water partition coefficient (Wildman–Crippen LogP) is -0.374. The average Bonchev–Trinajstić information content (AvgIpc) is 3.04. The second-order valence-electron chi connectivity index (χ2n) is 8.95. The fraction of sp³-hybridized carbons (Fsp3) is 0.684. The van der Waals surface area contributed by atoms with Crippen molar-refractivity contribution in [3.63, 3.8) is 0 Å². The van der Waals surface area contributed by atoms with Crippen LogP contribution >= 0.6 is 0 Å². The number of imidazole rings is 1. The van der Waals surface area contributed by atoms with Crippen LogP contribution in [0.3, 0.4) is 0 Å². The zero-order valence-electron chi connectivity index (χ0n) is 17.7. The summed E-state index contributed by atoms with van der Waals surface area (Å²) in [6, 6.07) is -0.393. The van der Waals surface area contributed by atoms with Crippen LogP contribution in [0.5, 0.6) is 0 Å². The summed E-state index contributed by atoms with van der Waals surface area (Å²) in [5.74, 6) is 0.387. The Labute approximate surface area is 175 Å². The number of nitrogens with two attached hydrogens (primary N) is 2. The van der Waals surface area contributed by atoms with E-state index in [0.717, 1.165) is 0 Å². The lowest BCUT2D eigenvalue weighted by molar-refractivity contribution is -0.197. The van der Waals surface area contributed by atoms with Gasteiger partial charge in [-0.1, -0.05) is 0 Å². The number of ether oxygens (including phenoxy) is 1. The molecule has 0 aromatic carbocycles. The minimum atomic E-state index is -1.06. The van der Waals surface area contributed by atoms with Gasteiger partial charge in [-0.15, -0.1) is 0 Å². The second-order valence-corrected chi connectivity index (χ2v) is 8.95. The molecular weight excluding hydrogens is 388 g/mol. The van der Waals surface area contributed by atoms with E-state index in [2.05, 4.69) is 15.0 Å². The molecule has 0 bridgehead atoms. The molecule has 0 unspecified atom stereocenters. The zero-order chi connectivity index (χ0) is 21.7. The molecule has 1 amide bonds. The minimum absolute atomic E-state index is 0.0596. The highest BCUT2D eigenvalue weighted by molar-refractivity contribution is 5.82. The van der Waals surface area contributed by atoms with E-state index in [1.54, 1.807) is 10.9 Å². The Morgan fingerprint density at radius 1 is 1.33 bits per heavy atom. The SMILES string of the molecule is CN(C)CC(=O)N1CCC2(CC1)C[C@@](C)(O)[C@H](n1cnc3c(N)nc(N)nc31)CO2. The number of carbonyl (C=O) groups excluding carboxylic acids is 1. The highest BCUT2D eigenvalue weighted by atomic mass is 16.5. The van der Waals surface area contributed by atoms with Gasteiger partial charge in [-0.05, 0) is 33.9 Å². The Morgan fingerprint density at radius 2 is 2.03 bits per heavy atom. The van der Waals surface area contributed by atoms with Crippen LogP contribution in [0, 0.1) is 0 Å². The number of hydrogen-bond acceptors (Lipinski definition) is 9. The predicted molar refractivity (Wildman–Crippen MR) is 111 cm³/mol. The minimum Gasteiger partial charge on any atom is -0.388 e. The Morgan fingerprint density at radius 3 is 2.67 bits per heavy atom. The summed E-state index contributed by atoms with van der Waals surface area (Å²) in [4.78, 5) is 28.6. The number of likely N-dealkylation sites (N-methyl/N-ethyl adjacent to an activating group) is 1. The highest BCUT2D eigenvalue weighted by Crippen LogP contribution is 2.44. The summed E-state index contributed by atoms with van der Waals surface area (Å²) < 4.78 is 8.10. The highest BCUT2D eigenvalue weighted by Gasteiger charge is 2.50. The van der Waals surface area contributed by atoms with Gasteiger partial charge in [0.05, 0.1) is 36.7 Å². The molecular formula is C19H30N8O3. The van der Waals surface area contributed by atoms with Crippen molar-refractivity contribution in [1.29, 1.82) is 0 Å². The number of aliphatic hydroxyl groups is 1. The van der Waals surface area contributed by atoms with Crippen LogP contribution in [0.2, 0.25) is 0 Å². The molecule has 0 aliphatic carbocycles. The first-order chi connectivity index (χ1) is 14.1. The van der Waals surface area contributed by atoms with Crippen molar-refractivity contribution in [2.24, 2.45) is 0 Å². The maximum Gasteiger partial charge on any atom is 0.236 e. The number of likely N-dealkylation sites (tertiary alicyclic amines) is 1. The van der Waals surface area contributed by atoms with Gasteiger partial charge in [-0.2, -0.15) is 9.97 Å². The van der Waals surface area contributed by atoms with Crippen molar-refractivity contribution in [2.45, 2.75) is 43.4 Å². The first kappa shape index (κ1) is 20.8. The summed E-state index contributed by atoms with van der Waals surface area (Å²) in [5, 5.41) is 11.4. The van der Waals surface area contributed by atoms with Crippen LogP contribution in [0.1, 0.15) is 32.2 Å². The zero-order valence-corrected chi connectivity index (χ0v) is 17.7. The van der Waals surface area contributed by atoms with Crippen LogP contribution in [0.4, 0.5) is 11.8 Å². The quantitative estimate of drug-likeness (QED) is 0.606. The van der Waals surface area contributed by atoms with Crippen LogP contribution in [-0.2, 0) is 9.53 Å². The van der Waals surface area contributed by atoms with Crippen LogP contribution in [0.25, 0.3) is 11.2 Å². The van der Waals surface area contributed by atoms with Crippen LogP contribution in [0.15, 0.2) is 6.33 Å². The molecule has 164 valence electrons. The van der Waals surface area contributed by atoms with Crippen LogP contribution < -0.4 is 11.5 Å². The van der Waals surface area contributed by atoms with Crippen molar-refractivity contribution in [2.75, 3.05) is 51.8 Å². The van der Waals surface area contributed by atoms with E-state index in [4.69, 9.17) is 16.2 Å². The van der Waals surface area contributed by atoms with Gasteiger partial charge in [0.25, 0.3) is 0 Å². The Hall–Kier alpha value is -2.50. The fourth-order valence-electron chi connectivity index (χ4n) is 4.68. The normalized spacial score (nSPS) is 26.6. The standard InChI is InChI=1S/C19H30N8O3/c1-18(29)10-19(4-6-26(7-5-19)13(28)8-25(2)3)30-9-12(18)27-11-22-14-15(20)23-17(21)24-16(14)27/h11-12,29H,4-10H2,1-3H3,(H4,20,21,23,24)/t12-,18-/m1/s1. The lowest BCUT2D eigenvalue weighted by atomic mass is 9.75.